The van der Waals surface area contributed by atoms with Gasteiger partial charge in [0.1, 0.15) is 18.2 Å². The number of para-hydroxylation sites is 2. The average Bonchev–Trinajstić information content (AvgIpc) is 3.28. The van der Waals surface area contributed by atoms with Gasteiger partial charge in [-0.3, -0.25) is 14.3 Å². The molecular formula is C20H24N6O3. The maximum absolute atomic E-state index is 13.0. The maximum Gasteiger partial charge on any atom is 0.420 e. The van der Waals surface area contributed by atoms with Crippen LogP contribution in [0.25, 0.3) is 11.1 Å². The van der Waals surface area contributed by atoms with Gasteiger partial charge >= 0.3 is 5.76 Å². The second-order valence-corrected chi connectivity index (χ2v) is 7.96. The minimum Gasteiger partial charge on any atom is -0.408 e. The van der Waals surface area contributed by atoms with E-state index in [-0.39, 0.29) is 18.4 Å². The van der Waals surface area contributed by atoms with Crippen molar-refractivity contribution in [2.45, 2.75) is 38.4 Å². The Morgan fingerprint density at radius 1 is 1.21 bits per heavy atom. The highest BCUT2D eigenvalue weighted by Crippen LogP contribution is 2.27. The molecule has 1 aromatic carbocycles. The highest BCUT2D eigenvalue weighted by molar-refractivity contribution is 5.79. The Morgan fingerprint density at radius 2 is 2.07 bits per heavy atom. The summed E-state index contributed by atoms with van der Waals surface area (Å²) >= 11 is 0. The van der Waals surface area contributed by atoms with Crippen molar-refractivity contribution >= 4 is 17.0 Å². The highest BCUT2D eigenvalue weighted by Gasteiger charge is 2.30. The SMILES string of the molecule is CN1CCn2c(nnc2C2CCCN(C(=O)Cn3c(=O)oc4ccccc43)C2)C1. The molecule has 4 heterocycles. The molecule has 0 N–H and O–H groups in total. The summed E-state index contributed by atoms with van der Waals surface area (Å²) < 4.78 is 8.88. The fraction of sp³-hybridized carbons (Fsp3) is 0.500. The summed E-state index contributed by atoms with van der Waals surface area (Å²) in [6, 6.07) is 7.18. The molecule has 9 nitrogen and oxygen atoms in total. The van der Waals surface area contributed by atoms with Crippen LogP contribution in [-0.4, -0.2) is 61.7 Å². The van der Waals surface area contributed by atoms with E-state index in [2.05, 4.69) is 26.7 Å². The number of amides is 1. The Kier molecular flexibility index (Phi) is 4.46. The van der Waals surface area contributed by atoms with Crippen molar-refractivity contribution in [2.75, 3.05) is 26.7 Å². The van der Waals surface area contributed by atoms with E-state index in [1.54, 1.807) is 12.1 Å². The number of oxazole rings is 1. The summed E-state index contributed by atoms with van der Waals surface area (Å²) in [6.45, 7) is 3.96. The zero-order valence-corrected chi connectivity index (χ0v) is 16.5. The predicted molar refractivity (Wildman–Crippen MR) is 105 cm³/mol. The molecule has 1 saturated heterocycles. The average molecular weight is 396 g/mol. The van der Waals surface area contributed by atoms with Crippen LogP contribution in [0.1, 0.15) is 30.4 Å². The molecule has 2 aliphatic heterocycles. The Balaban J connectivity index is 1.34. The molecule has 152 valence electrons. The van der Waals surface area contributed by atoms with Crippen molar-refractivity contribution in [1.29, 1.82) is 0 Å². The molecule has 0 spiro atoms. The lowest BCUT2D eigenvalue weighted by molar-refractivity contribution is -0.133. The van der Waals surface area contributed by atoms with Crippen molar-refractivity contribution in [1.82, 2.24) is 29.1 Å². The Bertz CT molecular complexity index is 1110. The zero-order valence-electron chi connectivity index (χ0n) is 16.5. The third-order valence-corrected chi connectivity index (χ3v) is 5.98. The van der Waals surface area contributed by atoms with Gasteiger partial charge in [-0.2, -0.15) is 0 Å². The van der Waals surface area contributed by atoms with Gasteiger partial charge in [0.25, 0.3) is 0 Å². The molecule has 1 amide bonds. The molecule has 3 aromatic rings. The van der Waals surface area contributed by atoms with Crippen molar-refractivity contribution in [2.24, 2.45) is 0 Å². The van der Waals surface area contributed by atoms with Crippen LogP contribution in [0.15, 0.2) is 33.5 Å². The van der Waals surface area contributed by atoms with Crippen LogP contribution in [0.2, 0.25) is 0 Å². The summed E-state index contributed by atoms with van der Waals surface area (Å²) in [5, 5.41) is 8.83. The molecule has 29 heavy (non-hydrogen) atoms. The molecule has 0 bridgehead atoms. The summed E-state index contributed by atoms with van der Waals surface area (Å²) in [5.41, 5.74) is 1.15. The number of piperidine rings is 1. The first-order chi connectivity index (χ1) is 14.1. The minimum absolute atomic E-state index is 0.00863. The van der Waals surface area contributed by atoms with Crippen LogP contribution in [-0.2, 0) is 24.4 Å². The molecule has 1 atom stereocenters. The molecule has 0 radical (unpaired) electrons. The van der Waals surface area contributed by atoms with Crippen molar-refractivity contribution in [3.05, 3.63) is 46.5 Å². The predicted octanol–water partition coefficient (Wildman–Crippen LogP) is 1.04. The van der Waals surface area contributed by atoms with Gasteiger partial charge in [-0.25, -0.2) is 4.79 Å². The number of likely N-dealkylation sites (N-methyl/N-ethyl adjacent to an activating group) is 1. The van der Waals surface area contributed by atoms with Gasteiger partial charge in [0.2, 0.25) is 5.91 Å². The summed E-state index contributed by atoms with van der Waals surface area (Å²) in [4.78, 5) is 29.3. The number of fused-ring (bicyclic) bond motifs is 2. The summed E-state index contributed by atoms with van der Waals surface area (Å²) in [5.74, 6) is 1.59. The molecule has 1 fully saturated rings. The van der Waals surface area contributed by atoms with E-state index in [0.29, 0.717) is 24.2 Å². The van der Waals surface area contributed by atoms with E-state index in [9.17, 15) is 9.59 Å². The van der Waals surface area contributed by atoms with E-state index < -0.39 is 5.76 Å². The van der Waals surface area contributed by atoms with Crippen molar-refractivity contribution in [3.8, 4) is 0 Å². The number of nitrogens with zero attached hydrogens (tertiary/aromatic N) is 6. The van der Waals surface area contributed by atoms with Gasteiger partial charge in [0, 0.05) is 32.1 Å². The first kappa shape index (κ1) is 18.1. The second kappa shape index (κ2) is 7.14. The monoisotopic (exact) mass is 396 g/mol. The van der Waals surface area contributed by atoms with Gasteiger partial charge in [-0.15, -0.1) is 10.2 Å². The number of likely N-dealkylation sites (tertiary alicyclic amines) is 1. The number of hydrogen-bond donors (Lipinski definition) is 0. The number of carbonyl (C=O) groups is 1. The van der Waals surface area contributed by atoms with Crippen molar-refractivity contribution < 1.29 is 9.21 Å². The van der Waals surface area contributed by atoms with Crippen LogP contribution in [0.3, 0.4) is 0 Å². The van der Waals surface area contributed by atoms with Gasteiger partial charge in [-0.05, 0) is 32.0 Å². The molecule has 5 rings (SSSR count). The molecule has 2 aliphatic rings. The largest absolute Gasteiger partial charge is 0.420 e. The first-order valence-electron chi connectivity index (χ1n) is 10.1. The van der Waals surface area contributed by atoms with Crippen LogP contribution >= 0.6 is 0 Å². The van der Waals surface area contributed by atoms with Crippen LogP contribution < -0.4 is 5.76 Å². The van der Waals surface area contributed by atoms with E-state index in [0.717, 1.165) is 44.1 Å². The van der Waals surface area contributed by atoms with Gasteiger partial charge in [-0.1, -0.05) is 12.1 Å². The fourth-order valence-electron chi connectivity index (χ4n) is 4.42. The summed E-state index contributed by atoms with van der Waals surface area (Å²) in [6.07, 6.45) is 1.91. The number of hydrogen-bond acceptors (Lipinski definition) is 6. The van der Waals surface area contributed by atoms with E-state index in [4.69, 9.17) is 4.42 Å². The lowest BCUT2D eigenvalue weighted by atomic mass is 9.97. The Hall–Kier alpha value is -2.94. The Labute approximate surface area is 167 Å². The zero-order chi connectivity index (χ0) is 20.0. The third-order valence-electron chi connectivity index (χ3n) is 5.98. The standard InChI is InChI=1S/C20H24N6O3/c1-23-9-10-25-17(12-23)21-22-19(25)14-5-4-8-24(11-14)18(27)13-26-15-6-2-3-7-16(15)29-20(26)28/h2-3,6-7,14H,4-5,8-13H2,1H3. The number of benzene rings is 1. The molecule has 2 aromatic heterocycles. The number of aromatic nitrogens is 4. The van der Waals surface area contributed by atoms with Crippen LogP contribution in [0.4, 0.5) is 0 Å². The first-order valence-corrected chi connectivity index (χ1v) is 10.1. The molecule has 0 aliphatic carbocycles. The van der Waals surface area contributed by atoms with Crippen LogP contribution in [0.5, 0.6) is 0 Å². The summed E-state index contributed by atoms with van der Waals surface area (Å²) in [7, 11) is 2.08. The quantitative estimate of drug-likeness (QED) is 0.657. The highest BCUT2D eigenvalue weighted by atomic mass is 16.4. The van der Waals surface area contributed by atoms with Gasteiger partial charge in [0.05, 0.1) is 12.1 Å². The number of carbonyl (C=O) groups excluding carboxylic acids is 1. The Morgan fingerprint density at radius 3 is 2.97 bits per heavy atom. The van der Waals surface area contributed by atoms with E-state index in [1.807, 2.05) is 17.0 Å². The lowest BCUT2D eigenvalue weighted by Gasteiger charge is -2.33. The van der Waals surface area contributed by atoms with E-state index >= 15 is 0 Å². The smallest absolute Gasteiger partial charge is 0.408 e. The van der Waals surface area contributed by atoms with Crippen LogP contribution in [0, 0.1) is 0 Å². The van der Waals surface area contributed by atoms with Gasteiger partial charge in [0.15, 0.2) is 5.58 Å². The normalized spacial score (nSPS) is 20.2. The van der Waals surface area contributed by atoms with Gasteiger partial charge < -0.3 is 13.9 Å². The lowest BCUT2D eigenvalue weighted by Crippen LogP contribution is -2.42. The topological polar surface area (TPSA) is 89.4 Å². The maximum atomic E-state index is 13.0. The molecule has 9 heteroatoms. The number of rotatable bonds is 3. The van der Waals surface area contributed by atoms with E-state index in [1.165, 1.54) is 4.57 Å². The molecule has 1 unspecified atom stereocenters. The molecule has 0 saturated carbocycles. The van der Waals surface area contributed by atoms with Crippen molar-refractivity contribution in [3.63, 3.8) is 0 Å². The fourth-order valence-corrected chi connectivity index (χ4v) is 4.42. The second-order valence-electron chi connectivity index (χ2n) is 7.96. The third kappa shape index (κ3) is 3.25. The minimum atomic E-state index is -0.497. The molecular weight excluding hydrogens is 372 g/mol.